The zero-order valence-electron chi connectivity index (χ0n) is 12.6. The zero-order chi connectivity index (χ0) is 14.8. The Morgan fingerprint density at radius 2 is 2.05 bits per heavy atom. The fourth-order valence-electron chi connectivity index (χ4n) is 1.81. The van der Waals surface area contributed by atoms with E-state index in [9.17, 15) is 0 Å². The van der Waals surface area contributed by atoms with Gasteiger partial charge < -0.3 is 10.1 Å². The van der Waals surface area contributed by atoms with E-state index in [4.69, 9.17) is 10.00 Å². The van der Waals surface area contributed by atoms with Gasteiger partial charge in [0.2, 0.25) is 0 Å². The summed E-state index contributed by atoms with van der Waals surface area (Å²) in [6, 6.07) is 9.80. The number of ether oxygens (including phenoxy) is 1. The minimum absolute atomic E-state index is 0.0918. The fraction of sp³-hybridized carbons (Fsp3) is 0.471. The maximum Gasteiger partial charge on any atom is 0.174 e. The van der Waals surface area contributed by atoms with Crippen molar-refractivity contribution in [2.75, 3.05) is 19.7 Å². The molecule has 0 saturated carbocycles. The normalized spacial score (nSPS) is 11.4. The topological polar surface area (TPSA) is 45.0 Å². The molecule has 0 spiro atoms. The number of hydrogen-bond acceptors (Lipinski definition) is 3. The van der Waals surface area contributed by atoms with Crippen molar-refractivity contribution in [2.45, 2.75) is 27.2 Å². The highest BCUT2D eigenvalue weighted by atomic mass is 16.5. The second-order valence-corrected chi connectivity index (χ2v) is 5.20. The number of nitriles is 1. The van der Waals surface area contributed by atoms with Crippen molar-refractivity contribution in [1.82, 2.24) is 5.32 Å². The van der Waals surface area contributed by atoms with Crippen molar-refractivity contribution < 1.29 is 4.74 Å². The number of benzene rings is 1. The first-order valence-corrected chi connectivity index (χ1v) is 7.15. The molecule has 0 bridgehead atoms. The fourth-order valence-corrected chi connectivity index (χ4v) is 1.81. The standard InChI is InChI=1S/C17H24N2O/c1-4-15(13-19-12-14(2)3)11-16-5-7-17(8-6-16)20-10-9-18/h5-8,11,14,19H,4,10,12-13H2,1-3H3. The van der Waals surface area contributed by atoms with Gasteiger partial charge in [-0.25, -0.2) is 0 Å². The van der Waals surface area contributed by atoms with Crippen molar-refractivity contribution in [3.05, 3.63) is 35.4 Å². The molecule has 0 saturated heterocycles. The van der Waals surface area contributed by atoms with Crippen LogP contribution in [-0.4, -0.2) is 19.7 Å². The summed E-state index contributed by atoms with van der Waals surface area (Å²) in [6.45, 7) is 8.66. The van der Waals surface area contributed by atoms with Crippen LogP contribution in [0.5, 0.6) is 5.75 Å². The molecule has 1 rings (SSSR count). The van der Waals surface area contributed by atoms with Crippen molar-refractivity contribution in [2.24, 2.45) is 5.92 Å². The minimum atomic E-state index is 0.0918. The van der Waals surface area contributed by atoms with Crippen LogP contribution in [0.4, 0.5) is 0 Å². The van der Waals surface area contributed by atoms with Gasteiger partial charge in [-0.05, 0) is 36.6 Å². The molecule has 0 unspecified atom stereocenters. The number of hydrogen-bond donors (Lipinski definition) is 1. The molecular formula is C17H24N2O. The molecule has 0 heterocycles. The second-order valence-electron chi connectivity index (χ2n) is 5.20. The van der Waals surface area contributed by atoms with Crippen LogP contribution in [0.2, 0.25) is 0 Å². The lowest BCUT2D eigenvalue weighted by atomic mass is 10.1. The van der Waals surface area contributed by atoms with Crippen molar-refractivity contribution in [1.29, 1.82) is 5.26 Å². The Morgan fingerprint density at radius 3 is 2.60 bits per heavy atom. The van der Waals surface area contributed by atoms with Crippen LogP contribution in [0, 0.1) is 17.2 Å². The monoisotopic (exact) mass is 272 g/mol. The second kappa shape index (κ2) is 9.17. The zero-order valence-corrected chi connectivity index (χ0v) is 12.6. The first kappa shape index (κ1) is 16.3. The van der Waals surface area contributed by atoms with Crippen molar-refractivity contribution in [3.8, 4) is 11.8 Å². The van der Waals surface area contributed by atoms with Gasteiger partial charge in [0.1, 0.15) is 11.8 Å². The Bertz CT molecular complexity index is 455. The van der Waals surface area contributed by atoms with Gasteiger partial charge in [0, 0.05) is 6.54 Å². The Balaban J connectivity index is 2.58. The lowest BCUT2D eigenvalue weighted by Crippen LogP contribution is -2.21. The molecule has 0 aliphatic rings. The van der Waals surface area contributed by atoms with E-state index in [2.05, 4.69) is 32.2 Å². The molecule has 1 aromatic carbocycles. The first-order valence-electron chi connectivity index (χ1n) is 7.15. The molecule has 3 nitrogen and oxygen atoms in total. The number of rotatable bonds is 8. The highest BCUT2D eigenvalue weighted by molar-refractivity contribution is 5.54. The molecule has 20 heavy (non-hydrogen) atoms. The quantitative estimate of drug-likeness (QED) is 0.786. The third kappa shape index (κ3) is 6.40. The summed E-state index contributed by atoms with van der Waals surface area (Å²) in [4.78, 5) is 0. The average molecular weight is 272 g/mol. The molecule has 0 aromatic heterocycles. The van der Waals surface area contributed by atoms with Gasteiger partial charge in [-0.3, -0.25) is 0 Å². The Kier molecular flexibility index (Phi) is 7.46. The highest BCUT2D eigenvalue weighted by Crippen LogP contribution is 2.15. The Hall–Kier alpha value is -1.79. The van der Waals surface area contributed by atoms with Crippen LogP contribution in [-0.2, 0) is 0 Å². The van der Waals surface area contributed by atoms with E-state index in [0.29, 0.717) is 5.92 Å². The molecular weight excluding hydrogens is 248 g/mol. The third-order valence-electron chi connectivity index (χ3n) is 2.91. The van der Waals surface area contributed by atoms with E-state index in [1.54, 1.807) is 0 Å². The van der Waals surface area contributed by atoms with E-state index in [1.807, 2.05) is 30.3 Å². The summed E-state index contributed by atoms with van der Waals surface area (Å²) in [5, 5.41) is 11.9. The van der Waals surface area contributed by atoms with Gasteiger partial charge in [-0.15, -0.1) is 0 Å². The van der Waals surface area contributed by atoms with E-state index in [0.717, 1.165) is 30.8 Å². The van der Waals surface area contributed by atoms with Gasteiger partial charge >= 0.3 is 0 Å². The summed E-state index contributed by atoms with van der Waals surface area (Å²) in [5.74, 6) is 1.41. The molecule has 1 N–H and O–H groups in total. The van der Waals surface area contributed by atoms with Crippen LogP contribution in [0.3, 0.4) is 0 Å². The molecule has 108 valence electrons. The molecule has 3 heteroatoms. The number of nitrogens with one attached hydrogen (secondary N) is 1. The first-order chi connectivity index (χ1) is 9.65. The largest absolute Gasteiger partial charge is 0.479 e. The number of nitrogens with zero attached hydrogens (tertiary/aromatic N) is 1. The predicted molar refractivity (Wildman–Crippen MR) is 83.5 cm³/mol. The third-order valence-corrected chi connectivity index (χ3v) is 2.91. The van der Waals surface area contributed by atoms with E-state index in [-0.39, 0.29) is 6.61 Å². The molecule has 1 aromatic rings. The van der Waals surface area contributed by atoms with Crippen LogP contribution in [0.15, 0.2) is 29.8 Å². The SMILES string of the molecule is CCC(=Cc1ccc(OCC#N)cc1)CNCC(C)C. The van der Waals surface area contributed by atoms with E-state index in [1.165, 1.54) is 5.57 Å². The maximum atomic E-state index is 8.46. The van der Waals surface area contributed by atoms with Crippen LogP contribution in [0.1, 0.15) is 32.8 Å². The maximum absolute atomic E-state index is 8.46. The van der Waals surface area contributed by atoms with Crippen molar-refractivity contribution >= 4 is 6.08 Å². The molecule has 0 aliphatic heterocycles. The van der Waals surface area contributed by atoms with Gasteiger partial charge in [0.25, 0.3) is 0 Å². The van der Waals surface area contributed by atoms with E-state index < -0.39 is 0 Å². The lowest BCUT2D eigenvalue weighted by Gasteiger charge is -2.10. The Morgan fingerprint density at radius 1 is 1.35 bits per heavy atom. The lowest BCUT2D eigenvalue weighted by molar-refractivity contribution is 0.368. The smallest absolute Gasteiger partial charge is 0.174 e. The van der Waals surface area contributed by atoms with Gasteiger partial charge in [-0.2, -0.15) is 5.26 Å². The molecule has 0 radical (unpaired) electrons. The van der Waals surface area contributed by atoms with Crippen LogP contribution < -0.4 is 10.1 Å². The summed E-state index contributed by atoms with van der Waals surface area (Å²) < 4.78 is 5.24. The minimum Gasteiger partial charge on any atom is -0.479 e. The van der Waals surface area contributed by atoms with Crippen LogP contribution in [0.25, 0.3) is 6.08 Å². The van der Waals surface area contributed by atoms with Crippen molar-refractivity contribution in [3.63, 3.8) is 0 Å². The summed E-state index contributed by atoms with van der Waals surface area (Å²) in [6.07, 6.45) is 3.25. The molecule has 0 aliphatic carbocycles. The summed E-state index contributed by atoms with van der Waals surface area (Å²) in [7, 11) is 0. The van der Waals surface area contributed by atoms with Gasteiger partial charge in [0.15, 0.2) is 6.61 Å². The molecule has 0 amide bonds. The van der Waals surface area contributed by atoms with Gasteiger partial charge in [-0.1, -0.05) is 44.6 Å². The summed E-state index contributed by atoms with van der Waals surface area (Å²) in [5.41, 5.74) is 2.55. The predicted octanol–water partition coefficient (Wildman–Crippen LogP) is 3.63. The highest BCUT2D eigenvalue weighted by Gasteiger charge is 1.98. The molecule has 0 fully saturated rings. The average Bonchev–Trinajstić information content (AvgIpc) is 2.45. The van der Waals surface area contributed by atoms with Crippen LogP contribution >= 0.6 is 0 Å². The Labute approximate surface area is 122 Å². The van der Waals surface area contributed by atoms with E-state index >= 15 is 0 Å². The summed E-state index contributed by atoms with van der Waals surface area (Å²) >= 11 is 0. The van der Waals surface area contributed by atoms with Gasteiger partial charge in [0.05, 0.1) is 0 Å². The molecule has 0 atom stereocenters.